The summed E-state index contributed by atoms with van der Waals surface area (Å²) in [5.74, 6) is -0.627. The Balaban J connectivity index is 1.44. The summed E-state index contributed by atoms with van der Waals surface area (Å²) in [6.07, 6.45) is 2.28. The van der Waals surface area contributed by atoms with Crippen molar-refractivity contribution >= 4 is 40.9 Å². The van der Waals surface area contributed by atoms with Crippen LogP contribution < -0.4 is 9.47 Å². The number of fused-ring (bicyclic) bond motifs is 1. The Morgan fingerprint density at radius 3 is 2.61 bits per heavy atom. The lowest BCUT2D eigenvalue weighted by Gasteiger charge is -2.29. The van der Waals surface area contributed by atoms with E-state index in [9.17, 15) is 19.2 Å². The van der Waals surface area contributed by atoms with Crippen molar-refractivity contribution in [3.8, 4) is 11.5 Å². The number of hydrogen-bond acceptors (Lipinski definition) is 8. The molecule has 0 aromatic heterocycles. The number of amides is 3. The average Bonchev–Trinajstić information content (AvgIpc) is 3.14. The minimum absolute atomic E-state index is 0.193. The number of esters is 1. The van der Waals surface area contributed by atoms with Crippen LogP contribution in [-0.2, 0) is 32.1 Å². The maximum atomic E-state index is 13.0. The molecule has 3 amide bonds. The van der Waals surface area contributed by atoms with Crippen LogP contribution >= 0.6 is 11.8 Å². The molecule has 0 spiro atoms. The molecule has 188 valence electrons. The van der Waals surface area contributed by atoms with Crippen LogP contribution in [0.2, 0.25) is 0 Å². The van der Waals surface area contributed by atoms with Crippen LogP contribution in [0.4, 0.5) is 4.79 Å². The largest absolute Gasteiger partial charge is 0.493 e. The van der Waals surface area contributed by atoms with Gasteiger partial charge in [-0.2, -0.15) is 0 Å². The van der Waals surface area contributed by atoms with Crippen LogP contribution in [0.15, 0.2) is 47.4 Å². The molecule has 4 rings (SSSR count). The van der Waals surface area contributed by atoms with E-state index in [4.69, 9.17) is 14.2 Å². The zero-order valence-corrected chi connectivity index (χ0v) is 20.8. The maximum Gasteiger partial charge on any atom is 0.344 e. The molecule has 0 radical (unpaired) electrons. The van der Waals surface area contributed by atoms with Gasteiger partial charge in [-0.1, -0.05) is 30.3 Å². The Morgan fingerprint density at radius 2 is 1.86 bits per heavy atom. The van der Waals surface area contributed by atoms with Crippen molar-refractivity contribution in [1.29, 1.82) is 0 Å². The second-order valence-corrected chi connectivity index (χ2v) is 9.10. The van der Waals surface area contributed by atoms with Crippen molar-refractivity contribution in [3.05, 3.63) is 64.1 Å². The second-order valence-electron chi connectivity index (χ2n) is 8.11. The van der Waals surface area contributed by atoms with Crippen molar-refractivity contribution < 1.29 is 33.4 Å². The minimum Gasteiger partial charge on any atom is -0.493 e. The molecule has 1 saturated heterocycles. The lowest BCUT2D eigenvalue weighted by molar-refractivity contribution is -0.145. The first-order valence-corrected chi connectivity index (χ1v) is 12.3. The first-order chi connectivity index (χ1) is 17.4. The molecular weight excluding hydrogens is 484 g/mol. The zero-order chi connectivity index (χ0) is 25.7. The molecule has 36 heavy (non-hydrogen) atoms. The van der Waals surface area contributed by atoms with Gasteiger partial charge in [-0.25, -0.2) is 4.79 Å². The number of rotatable bonds is 8. The van der Waals surface area contributed by atoms with Crippen molar-refractivity contribution in [3.63, 3.8) is 0 Å². The SMILES string of the molecule is CCOC(=O)COc1cc(/C=C2\SC(=O)N(CC(=O)N3CCc4ccccc4C3)C2=O)ccc1OC. The summed E-state index contributed by atoms with van der Waals surface area (Å²) in [7, 11) is 1.47. The third kappa shape index (κ3) is 5.71. The van der Waals surface area contributed by atoms with Gasteiger partial charge in [0, 0.05) is 13.1 Å². The monoisotopic (exact) mass is 510 g/mol. The standard InChI is InChI=1S/C26H26N2O7S/c1-3-34-24(30)16-35-21-12-17(8-9-20(21)33-2)13-22-25(31)28(26(32)36-22)15-23(29)27-11-10-18-6-4-5-7-19(18)14-27/h4-9,12-13H,3,10-11,14-16H2,1-2H3/b22-13-. The van der Waals surface area contributed by atoms with E-state index in [0.717, 1.165) is 28.6 Å². The maximum absolute atomic E-state index is 13.0. The highest BCUT2D eigenvalue weighted by molar-refractivity contribution is 8.18. The molecule has 2 heterocycles. The molecule has 0 aliphatic carbocycles. The summed E-state index contributed by atoms with van der Waals surface area (Å²) >= 11 is 0.776. The number of thioether (sulfide) groups is 1. The van der Waals surface area contributed by atoms with E-state index in [1.54, 1.807) is 36.1 Å². The molecule has 0 saturated carbocycles. The molecule has 9 nitrogen and oxygen atoms in total. The number of hydrogen-bond donors (Lipinski definition) is 0. The Morgan fingerprint density at radius 1 is 1.08 bits per heavy atom. The van der Waals surface area contributed by atoms with Crippen LogP contribution in [0.5, 0.6) is 11.5 Å². The fourth-order valence-electron chi connectivity index (χ4n) is 3.97. The highest BCUT2D eigenvalue weighted by Gasteiger charge is 2.37. The summed E-state index contributed by atoms with van der Waals surface area (Å²) in [5.41, 5.74) is 2.85. The summed E-state index contributed by atoms with van der Waals surface area (Å²) < 4.78 is 15.6. The predicted octanol–water partition coefficient (Wildman–Crippen LogP) is 3.26. The molecule has 0 unspecified atom stereocenters. The highest BCUT2D eigenvalue weighted by atomic mass is 32.2. The first kappa shape index (κ1) is 25.3. The van der Waals surface area contributed by atoms with E-state index in [-0.39, 0.29) is 30.6 Å². The van der Waals surface area contributed by atoms with Crippen molar-refractivity contribution in [2.75, 3.05) is 33.4 Å². The topological polar surface area (TPSA) is 102 Å². The van der Waals surface area contributed by atoms with E-state index >= 15 is 0 Å². The highest BCUT2D eigenvalue weighted by Crippen LogP contribution is 2.34. The summed E-state index contributed by atoms with van der Waals surface area (Å²) in [5, 5.41) is -0.496. The number of carbonyl (C=O) groups is 4. The van der Waals surface area contributed by atoms with E-state index in [1.807, 2.05) is 24.3 Å². The van der Waals surface area contributed by atoms with Crippen LogP contribution in [0, 0.1) is 0 Å². The Bertz CT molecular complexity index is 1230. The molecule has 0 atom stereocenters. The van der Waals surface area contributed by atoms with Crippen molar-refractivity contribution in [2.24, 2.45) is 0 Å². The average molecular weight is 511 g/mol. The minimum atomic E-state index is -0.527. The molecule has 10 heteroatoms. The molecule has 2 aromatic rings. The number of benzene rings is 2. The van der Waals surface area contributed by atoms with Gasteiger partial charge in [-0.3, -0.25) is 19.3 Å². The van der Waals surface area contributed by atoms with E-state index in [1.165, 1.54) is 12.7 Å². The summed E-state index contributed by atoms with van der Waals surface area (Å²) in [4.78, 5) is 52.9. The summed E-state index contributed by atoms with van der Waals surface area (Å²) in [6, 6.07) is 12.9. The van der Waals surface area contributed by atoms with Crippen LogP contribution in [0.1, 0.15) is 23.6 Å². The molecule has 1 fully saturated rings. The lowest BCUT2D eigenvalue weighted by Crippen LogP contribution is -2.44. The van der Waals surface area contributed by atoms with E-state index < -0.39 is 17.1 Å². The van der Waals surface area contributed by atoms with Gasteiger partial charge in [0.05, 0.1) is 18.6 Å². The van der Waals surface area contributed by atoms with E-state index in [0.29, 0.717) is 30.2 Å². The molecule has 0 bridgehead atoms. The van der Waals surface area contributed by atoms with Gasteiger partial charge in [0.1, 0.15) is 6.54 Å². The predicted molar refractivity (Wildman–Crippen MR) is 133 cm³/mol. The smallest absolute Gasteiger partial charge is 0.344 e. The van der Waals surface area contributed by atoms with Gasteiger partial charge in [0.25, 0.3) is 11.1 Å². The molecular formula is C26H26N2O7S. The zero-order valence-electron chi connectivity index (χ0n) is 20.0. The van der Waals surface area contributed by atoms with E-state index in [2.05, 4.69) is 0 Å². The van der Waals surface area contributed by atoms with Crippen LogP contribution in [-0.4, -0.2) is 66.2 Å². The molecule has 2 aliphatic heterocycles. The second kappa shape index (κ2) is 11.3. The van der Waals surface area contributed by atoms with Gasteiger partial charge in [0.2, 0.25) is 5.91 Å². The van der Waals surface area contributed by atoms with Crippen molar-refractivity contribution in [2.45, 2.75) is 19.9 Å². The Labute approximate surface area is 213 Å². The summed E-state index contributed by atoms with van der Waals surface area (Å²) in [6.45, 7) is 2.34. The number of imide groups is 1. The normalized spacial score (nSPS) is 16.2. The van der Waals surface area contributed by atoms with Crippen LogP contribution in [0.3, 0.4) is 0 Å². The molecule has 2 aromatic carbocycles. The quantitative estimate of drug-likeness (QED) is 0.394. The fraction of sp³-hybridized carbons (Fsp3) is 0.308. The lowest BCUT2D eigenvalue weighted by atomic mass is 10.00. The van der Waals surface area contributed by atoms with Gasteiger partial charge in [0.15, 0.2) is 18.1 Å². The molecule has 2 aliphatic rings. The van der Waals surface area contributed by atoms with Gasteiger partial charge >= 0.3 is 5.97 Å². The fourth-order valence-corrected chi connectivity index (χ4v) is 4.81. The first-order valence-electron chi connectivity index (χ1n) is 11.5. The van der Waals surface area contributed by atoms with Gasteiger partial charge in [-0.15, -0.1) is 0 Å². The Hall–Kier alpha value is -3.79. The number of ether oxygens (including phenoxy) is 3. The van der Waals surface area contributed by atoms with Crippen LogP contribution in [0.25, 0.3) is 6.08 Å². The van der Waals surface area contributed by atoms with Gasteiger partial charge < -0.3 is 19.1 Å². The van der Waals surface area contributed by atoms with Gasteiger partial charge in [-0.05, 0) is 60.0 Å². The number of carbonyl (C=O) groups excluding carboxylic acids is 4. The number of nitrogens with zero attached hydrogens (tertiary/aromatic N) is 2. The molecule has 0 N–H and O–H groups in total. The Kier molecular flexibility index (Phi) is 7.94. The third-order valence-corrected chi connectivity index (χ3v) is 6.69. The number of methoxy groups -OCH3 is 1. The van der Waals surface area contributed by atoms with Crippen molar-refractivity contribution in [1.82, 2.24) is 9.80 Å². The third-order valence-electron chi connectivity index (χ3n) is 5.79.